The van der Waals surface area contributed by atoms with Crippen LogP contribution in [0.3, 0.4) is 0 Å². The quantitative estimate of drug-likeness (QED) is 0.498. The lowest BCUT2D eigenvalue weighted by atomic mass is 9.75. The van der Waals surface area contributed by atoms with Gasteiger partial charge in [-0.1, -0.05) is 67.3 Å². The number of rotatable bonds is 6. The maximum Gasteiger partial charge on any atom is 0.335 e. The van der Waals surface area contributed by atoms with E-state index in [4.69, 9.17) is 4.74 Å². The summed E-state index contributed by atoms with van der Waals surface area (Å²) >= 11 is 0. The van der Waals surface area contributed by atoms with Crippen LogP contribution in [0.5, 0.6) is 0 Å². The third kappa shape index (κ3) is 3.85. The number of esters is 1. The monoisotopic (exact) mass is 312 g/mol. The van der Waals surface area contributed by atoms with Crippen molar-refractivity contribution in [2.75, 3.05) is 0 Å². The molecule has 1 aliphatic heterocycles. The molecular weight excluding hydrogens is 292 g/mol. The number of hydrogen-bond donors (Lipinski definition) is 1. The van der Waals surface area contributed by atoms with Gasteiger partial charge in [-0.2, -0.15) is 0 Å². The van der Waals surface area contributed by atoms with Crippen LogP contribution in [0.1, 0.15) is 24.3 Å². The number of carbonyl (C=O) groups excluding carboxylic acids is 2. The van der Waals surface area contributed by atoms with Gasteiger partial charge in [-0.25, -0.2) is 4.79 Å². The summed E-state index contributed by atoms with van der Waals surface area (Å²) in [5.41, 5.74) is -0.433. The first-order chi connectivity index (χ1) is 11.1. The molecule has 0 aliphatic carbocycles. The number of aliphatic hydroxyl groups is 1. The Bertz CT molecular complexity index is 618. The molecule has 4 heteroatoms. The molecule has 0 radical (unpaired) electrons. The number of aldehydes is 1. The second-order valence-electron chi connectivity index (χ2n) is 5.46. The summed E-state index contributed by atoms with van der Waals surface area (Å²) in [5.74, 6) is -1.14. The van der Waals surface area contributed by atoms with Crippen LogP contribution in [0, 0.1) is 0 Å². The molecule has 0 amide bonds. The van der Waals surface area contributed by atoms with E-state index in [2.05, 4.69) is 6.58 Å². The Morgan fingerprint density at radius 1 is 1.26 bits per heavy atom. The topological polar surface area (TPSA) is 63.6 Å². The normalized spacial score (nSPS) is 28.0. The van der Waals surface area contributed by atoms with Crippen LogP contribution in [0.25, 0.3) is 0 Å². The van der Waals surface area contributed by atoms with Crippen molar-refractivity contribution in [1.29, 1.82) is 0 Å². The Hall–Kier alpha value is -2.46. The Balaban J connectivity index is 2.32. The van der Waals surface area contributed by atoms with E-state index in [-0.39, 0.29) is 18.8 Å². The Kier molecular flexibility index (Phi) is 5.66. The zero-order valence-electron chi connectivity index (χ0n) is 12.8. The number of hydrogen-bond acceptors (Lipinski definition) is 4. The molecule has 0 spiro atoms. The van der Waals surface area contributed by atoms with E-state index in [0.717, 1.165) is 5.56 Å². The van der Waals surface area contributed by atoms with Crippen LogP contribution >= 0.6 is 0 Å². The van der Waals surface area contributed by atoms with Crippen molar-refractivity contribution in [2.45, 2.75) is 30.5 Å². The summed E-state index contributed by atoms with van der Waals surface area (Å²) in [6.45, 7) is 3.57. The Morgan fingerprint density at radius 3 is 2.65 bits per heavy atom. The van der Waals surface area contributed by atoms with Crippen molar-refractivity contribution in [2.24, 2.45) is 0 Å². The van der Waals surface area contributed by atoms with Crippen molar-refractivity contribution in [1.82, 2.24) is 0 Å². The summed E-state index contributed by atoms with van der Waals surface area (Å²) in [5, 5.41) is 9.85. The third-order valence-corrected chi connectivity index (χ3v) is 3.94. The molecule has 3 atom stereocenters. The molecule has 1 aromatic carbocycles. The van der Waals surface area contributed by atoms with Gasteiger partial charge < -0.3 is 9.84 Å². The van der Waals surface area contributed by atoms with Crippen LogP contribution in [-0.4, -0.2) is 29.1 Å². The molecule has 1 heterocycles. The van der Waals surface area contributed by atoms with E-state index in [1.54, 1.807) is 30.4 Å². The van der Waals surface area contributed by atoms with Crippen molar-refractivity contribution in [3.8, 4) is 0 Å². The molecule has 1 aromatic rings. The summed E-state index contributed by atoms with van der Waals surface area (Å²) < 4.78 is 5.36. The van der Waals surface area contributed by atoms with Gasteiger partial charge in [-0.05, 0) is 12.0 Å². The van der Waals surface area contributed by atoms with Gasteiger partial charge in [0.1, 0.15) is 0 Å². The molecule has 0 bridgehead atoms. The molecule has 4 nitrogen and oxygen atoms in total. The van der Waals surface area contributed by atoms with Gasteiger partial charge in [0.05, 0.1) is 0 Å². The van der Waals surface area contributed by atoms with Crippen LogP contribution in [-0.2, 0) is 14.3 Å². The lowest BCUT2D eigenvalue weighted by Crippen LogP contribution is -2.51. The highest BCUT2D eigenvalue weighted by Gasteiger charge is 2.49. The molecule has 3 unspecified atom stereocenters. The number of benzene rings is 1. The number of cyclic esters (lactones) is 1. The van der Waals surface area contributed by atoms with E-state index >= 15 is 0 Å². The Morgan fingerprint density at radius 2 is 2.00 bits per heavy atom. The van der Waals surface area contributed by atoms with Gasteiger partial charge >= 0.3 is 5.97 Å². The van der Waals surface area contributed by atoms with Crippen molar-refractivity contribution < 1.29 is 19.4 Å². The molecule has 0 saturated carbocycles. The summed E-state index contributed by atoms with van der Waals surface area (Å²) in [7, 11) is 0. The molecule has 0 aromatic heterocycles. The minimum atomic E-state index is -1.30. The first-order valence-electron chi connectivity index (χ1n) is 7.49. The molecule has 1 fully saturated rings. The van der Waals surface area contributed by atoms with Crippen molar-refractivity contribution >= 4 is 12.3 Å². The zero-order chi connectivity index (χ0) is 16.7. The summed E-state index contributed by atoms with van der Waals surface area (Å²) in [6, 6.07) is 9.33. The largest absolute Gasteiger partial charge is 0.448 e. The maximum absolute atomic E-state index is 11.8. The SMILES string of the molecule is C=C/C=C\C=C\CC1(C=O)OC(=O)C(O)CC1c1ccccc1. The zero-order valence-corrected chi connectivity index (χ0v) is 12.8. The van der Waals surface area contributed by atoms with Gasteiger partial charge in [-0.3, -0.25) is 4.79 Å². The minimum absolute atomic E-state index is 0.165. The van der Waals surface area contributed by atoms with Crippen molar-refractivity contribution in [3.05, 3.63) is 72.9 Å². The smallest absolute Gasteiger partial charge is 0.335 e. The maximum atomic E-state index is 11.8. The fourth-order valence-electron chi connectivity index (χ4n) is 2.76. The molecule has 1 aliphatic rings. The standard InChI is InChI=1S/C19H20O4/c1-2-3-4-5-9-12-19(14-20)16(13-17(21)18(22)23-19)15-10-7-6-8-11-15/h2-11,14,16-17,21H,1,12-13H2/b4-3-,9-5+. The highest BCUT2D eigenvalue weighted by Crippen LogP contribution is 2.41. The predicted molar refractivity (Wildman–Crippen MR) is 87.8 cm³/mol. The van der Waals surface area contributed by atoms with Crippen LogP contribution in [0.2, 0.25) is 0 Å². The number of aliphatic hydroxyl groups excluding tert-OH is 1. The van der Waals surface area contributed by atoms with E-state index in [1.807, 2.05) is 30.3 Å². The average molecular weight is 312 g/mol. The Labute approximate surface area is 135 Å². The van der Waals surface area contributed by atoms with E-state index < -0.39 is 17.7 Å². The minimum Gasteiger partial charge on any atom is -0.448 e. The molecule has 1 N–H and O–H groups in total. The number of carbonyl (C=O) groups is 2. The van der Waals surface area contributed by atoms with Gasteiger partial charge in [0.25, 0.3) is 0 Å². The third-order valence-electron chi connectivity index (χ3n) is 3.94. The number of allylic oxidation sites excluding steroid dienone is 4. The summed E-state index contributed by atoms with van der Waals surface area (Å²) in [4.78, 5) is 23.6. The van der Waals surface area contributed by atoms with Gasteiger partial charge in [0.15, 0.2) is 18.0 Å². The second kappa shape index (κ2) is 7.70. The van der Waals surface area contributed by atoms with Crippen molar-refractivity contribution in [3.63, 3.8) is 0 Å². The molecule has 120 valence electrons. The van der Waals surface area contributed by atoms with Crippen LogP contribution in [0.15, 0.2) is 67.3 Å². The molecule has 23 heavy (non-hydrogen) atoms. The first-order valence-corrected chi connectivity index (χ1v) is 7.49. The van der Waals surface area contributed by atoms with Gasteiger partial charge in [-0.15, -0.1) is 0 Å². The molecule has 2 rings (SSSR count). The lowest BCUT2D eigenvalue weighted by Gasteiger charge is -2.40. The molecule has 1 saturated heterocycles. The van der Waals surface area contributed by atoms with E-state index in [1.165, 1.54) is 0 Å². The fourth-order valence-corrected chi connectivity index (χ4v) is 2.76. The predicted octanol–water partition coefficient (Wildman–Crippen LogP) is 2.70. The van der Waals surface area contributed by atoms with Gasteiger partial charge in [0, 0.05) is 12.3 Å². The highest BCUT2D eigenvalue weighted by atomic mass is 16.6. The van der Waals surface area contributed by atoms with Gasteiger partial charge in [0.2, 0.25) is 0 Å². The fraction of sp³-hybridized carbons (Fsp3) is 0.263. The lowest BCUT2D eigenvalue weighted by molar-refractivity contribution is -0.184. The molecular formula is C19H20O4. The average Bonchev–Trinajstić information content (AvgIpc) is 2.58. The summed E-state index contributed by atoms with van der Waals surface area (Å²) in [6.07, 6.45) is 8.60. The van der Waals surface area contributed by atoms with Crippen LogP contribution in [0.4, 0.5) is 0 Å². The van der Waals surface area contributed by atoms with E-state index in [9.17, 15) is 14.7 Å². The van der Waals surface area contributed by atoms with Crippen LogP contribution < -0.4 is 0 Å². The first kappa shape index (κ1) is 16.9. The van der Waals surface area contributed by atoms with E-state index in [0.29, 0.717) is 6.29 Å². The highest BCUT2D eigenvalue weighted by molar-refractivity contribution is 5.81. The second-order valence-corrected chi connectivity index (χ2v) is 5.46. The number of ether oxygens (including phenoxy) is 1.